The second kappa shape index (κ2) is 9.22. The Hall–Kier alpha value is -3.04. The van der Waals surface area contributed by atoms with Gasteiger partial charge >= 0.3 is 0 Å². The van der Waals surface area contributed by atoms with E-state index in [1.807, 2.05) is 24.3 Å². The van der Waals surface area contributed by atoms with Gasteiger partial charge in [-0.2, -0.15) is 0 Å². The fourth-order valence-electron chi connectivity index (χ4n) is 3.16. The van der Waals surface area contributed by atoms with E-state index in [0.29, 0.717) is 21.8 Å². The highest BCUT2D eigenvalue weighted by molar-refractivity contribution is 7.99. The molecular weight excluding hydrogens is 452 g/mol. The van der Waals surface area contributed by atoms with Gasteiger partial charge in [0.1, 0.15) is 16.3 Å². The lowest BCUT2D eigenvalue weighted by Gasteiger charge is -2.13. The molecule has 0 aliphatic heterocycles. The molecule has 0 fully saturated rings. The fourth-order valence-corrected chi connectivity index (χ4v) is 4.74. The largest absolute Gasteiger partial charge is 0.325 e. The predicted octanol–water partition coefficient (Wildman–Crippen LogP) is 5.58. The molecule has 0 atom stereocenters. The molecule has 4 rings (SSSR count). The van der Waals surface area contributed by atoms with Crippen molar-refractivity contribution < 1.29 is 13.6 Å². The lowest BCUT2D eigenvalue weighted by molar-refractivity contribution is -0.113. The first-order valence-corrected chi connectivity index (χ1v) is 11.7. The quantitative estimate of drug-likeness (QED) is 0.295. The van der Waals surface area contributed by atoms with Crippen molar-refractivity contribution in [3.05, 3.63) is 81.5 Å². The lowest BCUT2D eigenvalue weighted by Crippen LogP contribution is -2.22. The van der Waals surface area contributed by atoms with Crippen molar-refractivity contribution >= 4 is 44.9 Å². The number of aromatic nitrogens is 2. The zero-order valence-electron chi connectivity index (χ0n) is 17.3. The highest BCUT2D eigenvalue weighted by atomic mass is 32.2. The zero-order valence-corrected chi connectivity index (χ0v) is 18.9. The van der Waals surface area contributed by atoms with Crippen LogP contribution in [0, 0.1) is 11.6 Å². The van der Waals surface area contributed by atoms with Gasteiger partial charge in [0.15, 0.2) is 5.16 Å². The van der Waals surface area contributed by atoms with Crippen LogP contribution in [0.1, 0.15) is 25.3 Å². The molecule has 164 valence electrons. The molecule has 0 aliphatic carbocycles. The summed E-state index contributed by atoms with van der Waals surface area (Å²) in [6.07, 6.45) is 0. The van der Waals surface area contributed by atoms with Crippen LogP contribution < -0.4 is 10.9 Å². The minimum atomic E-state index is -0.809. The maximum atomic E-state index is 13.8. The molecular formula is C23H19F2N3O2S2. The Morgan fingerprint density at radius 1 is 1.12 bits per heavy atom. The Labute approximate surface area is 191 Å². The van der Waals surface area contributed by atoms with Gasteiger partial charge in [-0.15, -0.1) is 11.3 Å². The minimum Gasteiger partial charge on any atom is -0.325 e. The molecule has 32 heavy (non-hydrogen) atoms. The van der Waals surface area contributed by atoms with E-state index in [-0.39, 0.29) is 22.5 Å². The number of hydrogen-bond donors (Lipinski definition) is 1. The van der Waals surface area contributed by atoms with Crippen molar-refractivity contribution in [3.63, 3.8) is 0 Å². The van der Waals surface area contributed by atoms with Gasteiger partial charge in [-0.05, 0) is 47.2 Å². The molecule has 1 amide bonds. The number of carbonyl (C=O) groups excluding carboxylic acids is 1. The molecule has 0 radical (unpaired) electrons. The van der Waals surface area contributed by atoms with Crippen molar-refractivity contribution in [3.8, 4) is 5.69 Å². The van der Waals surface area contributed by atoms with E-state index in [0.717, 1.165) is 40.1 Å². The van der Waals surface area contributed by atoms with Crippen molar-refractivity contribution in [2.75, 3.05) is 11.1 Å². The molecule has 4 aromatic rings. The third-order valence-electron chi connectivity index (χ3n) is 4.75. The first-order chi connectivity index (χ1) is 15.3. The highest BCUT2D eigenvalue weighted by Gasteiger charge is 2.17. The van der Waals surface area contributed by atoms with Crippen LogP contribution in [0.15, 0.2) is 63.9 Å². The van der Waals surface area contributed by atoms with Gasteiger partial charge in [-0.1, -0.05) is 37.7 Å². The summed E-state index contributed by atoms with van der Waals surface area (Å²) in [4.78, 5) is 30.0. The molecule has 5 nitrogen and oxygen atoms in total. The number of hydrogen-bond acceptors (Lipinski definition) is 5. The number of rotatable bonds is 6. The third kappa shape index (κ3) is 4.73. The van der Waals surface area contributed by atoms with Gasteiger partial charge < -0.3 is 5.32 Å². The SMILES string of the molecule is CC(C)c1ccc(NC(=O)CSc2nc3ccsc3c(=O)n2-c2cc(F)cc(F)c2)cc1. The number of carbonyl (C=O) groups is 1. The van der Waals surface area contributed by atoms with E-state index >= 15 is 0 Å². The second-order valence-electron chi connectivity index (χ2n) is 7.41. The van der Waals surface area contributed by atoms with Crippen LogP contribution in [-0.2, 0) is 4.79 Å². The Bertz CT molecular complexity index is 1330. The number of benzene rings is 2. The van der Waals surface area contributed by atoms with Crippen molar-refractivity contribution in [1.29, 1.82) is 0 Å². The molecule has 1 N–H and O–H groups in total. The van der Waals surface area contributed by atoms with Crippen LogP contribution >= 0.6 is 23.1 Å². The molecule has 0 unspecified atom stereocenters. The smallest absolute Gasteiger partial charge is 0.276 e. The Balaban J connectivity index is 1.61. The topological polar surface area (TPSA) is 64.0 Å². The summed E-state index contributed by atoms with van der Waals surface area (Å²) >= 11 is 2.22. The maximum absolute atomic E-state index is 13.8. The normalized spacial score (nSPS) is 11.3. The van der Waals surface area contributed by atoms with Gasteiger partial charge in [-0.25, -0.2) is 13.8 Å². The van der Waals surface area contributed by atoms with Gasteiger partial charge in [0.2, 0.25) is 5.91 Å². The third-order valence-corrected chi connectivity index (χ3v) is 6.58. The van der Waals surface area contributed by atoms with Gasteiger partial charge in [-0.3, -0.25) is 14.2 Å². The predicted molar refractivity (Wildman–Crippen MR) is 125 cm³/mol. The number of thiophene rings is 1. The van der Waals surface area contributed by atoms with Crippen molar-refractivity contribution in [1.82, 2.24) is 9.55 Å². The van der Waals surface area contributed by atoms with E-state index in [9.17, 15) is 18.4 Å². The maximum Gasteiger partial charge on any atom is 0.276 e. The van der Waals surface area contributed by atoms with Crippen LogP contribution in [0.5, 0.6) is 0 Å². The summed E-state index contributed by atoms with van der Waals surface area (Å²) < 4.78 is 29.2. The van der Waals surface area contributed by atoms with Gasteiger partial charge in [0.25, 0.3) is 5.56 Å². The van der Waals surface area contributed by atoms with Crippen molar-refractivity contribution in [2.24, 2.45) is 0 Å². The van der Waals surface area contributed by atoms with Crippen LogP contribution in [0.25, 0.3) is 15.9 Å². The number of thioether (sulfide) groups is 1. The first kappa shape index (κ1) is 22.2. The van der Waals surface area contributed by atoms with E-state index in [1.54, 1.807) is 11.4 Å². The molecule has 2 heterocycles. The highest BCUT2D eigenvalue weighted by Crippen LogP contribution is 2.25. The number of fused-ring (bicyclic) bond motifs is 1. The Morgan fingerprint density at radius 2 is 1.81 bits per heavy atom. The standard InChI is InChI=1S/C23H19F2N3O2S2/c1-13(2)14-3-5-17(6-4-14)26-20(29)12-32-23-27-19-7-8-31-21(19)22(30)28(23)18-10-15(24)9-16(25)11-18/h3-11,13H,12H2,1-2H3,(H,26,29). The van der Waals surface area contributed by atoms with E-state index in [1.165, 1.54) is 11.3 Å². The zero-order chi connectivity index (χ0) is 22.8. The van der Waals surface area contributed by atoms with E-state index in [2.05, 4.69) is 24.1 Å². The summed E-state index contributed by atoms with van der Waals surface area (Å²) in [7, 11) is 0. The first-order valence-electron chi connectivity index (χ1n) is 9.81. The summed E-state index contributed by atoms with van der Waals surface area (Å²) in [6.45, 7) is 4.18. The average molecular weight is 472 g/mol. The van der Waals surface area contributed by atoms with Crippen LogP contribution in [0.3, 0.4) is 0 Å². The van der Waals surface area contributed by atoms with E-state index < -0.39 is 17.2 Å². The molecule has 0 aliphatic rings. The van der Waals surface area contributed by atoms with Crippen LogP contribution in [-0.4, -0.2) is 21.2 Å². The Kier molecular flexibility index (Phi) is 6.38. The monoisotopic (exact) mass is 471 g/mol. The fraction of sp³-hybridized carbons (Fsp3) is 0.174. The molecule has 0 saturated heterocycles. The second-order valence-corrected chi connectivity index (χ2v) is 9.27. The van der Waals surface area contributed by atoms with Crippen molar-refractivity contribution in [2.45, 2.75) is 24.9 Å². The summed E-state index contributed by atoms with van der Waals surface area (Å²) in [5.74, 6) is -1.55. The van der Waals surface area contributed by atoms with Gasteiger partial charge in [0.05, 0.1) is 17.0 Å². The van der Waals surface area contributed by atoms with Crippen LogP contribution in [0.4, 0.5) is 14.5 Å². The summed E-state index contributed by atoms with van der Waals surface area (Å²) in [5, 5.41) is 4.71. The number of anilines is 1. The molecule has 9 heteroatoms. The number of nitrogens with zero attached hydrogens (tertiary/aromatic N) is 2. The molecule has 0 saturated carbocycles. The van der Waals surface area contributed by atoms with E-state index in [4.69, 9.17) is 0 Å². The molecule has 2 aromatic heterocycles. The molecule has 2 aromatic carbocycles. The molecule has 0 spiro atoms. The lowest BCUT2D eigenvalue weighted by atomic mass is 10.0. The number of amides is 1. The minimum absolute atomic E-state index is 0.0162. The number of halogens is 2. The average Bonchev–Trinajstić information content (AvgIpc) is 3.21. The van der Waals surface area contributed by atoms with Crippen LogP contribution in [0.2, 0.25) is 0 Å². The Morgan fingerprint density at radius 3 is 2.47 bits per heavy atom. The summed E-state index contributed by atoms with van der Waals surface area (Å²) in [5.41, 5.74) is 1.87. The van der Waals surface area contributed by atoms with Gasteiger partial charge in [0, 0.05) is 11.8 Å². The number of nitrogens with one attached hydrogen (secondary N) is 1. The summed E-state index contributed by atoms with van der Waals surface area (Å²) in [6, 6.07) is 12.1. The molecule has 0 bridgehead atoms.